The molecule has 0 atom stereocenters. The molecule has 0 bridgehead atoms. The molecule has 0 radical (unpaired) electrons. The van der Waals surface area contributed by atoms with E-state index in [0.717, 1.165) is 9.37 Å². The lowest BCUT2D eigenvalue weighted by atomic mass is 10.0. The molecule has 0 unspecified atom stereocenters. The van der Waals surface area contributed by atoms with Gasteiger partial charge in [0.1, 0.15) is 0 Å². The van der Waals surface area contributed by atoms with Crippen molar-refractivity contribution >= 4 is 39.7 Å². The fraction of sp³-hybridized carbons (Fsp3) is 0.111. The summed E-state index contributed by atoms with van der Waals surface area (Å²) in [4.78, 5) is 37.6. The third-order valence-electron chi connectivity index (χ3n) is 3.88. The molecule has 2 amide bonds. The molecule has 1 N–H and O–H groups in total. The molecule has 0 saturated heterocycles. The summed E-state index contributed by atoms with van der Waals surface area (Å²) < 4.78 is 0.753. The van der Waals surface area contributed by atoms with Crippen molar-refractivity contribution in [2.24, 2.45) is 5.10 Å². The van der Waals surface area contributed by atoms with Crippen LogP contribution < -0.4 is 5.43 Å². The van der Waals surface area contributed by atoms with Crippen LogP contribution in [0.15, 0.2) is 52.0 Å². The molecule has 0 fully saturated rings. The van der Waals surface area contributed by atoms with Crippen molar-refractivity contribution in [1.29, 1.82) is 0 Å². The number of nitrogens with zero attached hydrogens (tertiary/aromatic N) is 2. The van der Waals surface area contributed by atoms with E-state index in [4.69, 9.17) is 0 Å². The van der Waals surface area contributed by atoms with Crippen molar-refractivity contribution in [1.82, 2.24) is 10.3 Å². The molecule has 1 heterocycles. The number of imide groups is 1. The lowest BCUT2D eigenvalue weighted by Gasteiger charge is -2.17. The fourth-order valence-electron chi connectivity index (χ4n) is 2.74. The molecule has 7 heteroatoms. The van der Waals surface area contributed by atoms with Crippen LogP contribution in [0.1, 0.15) is 36.6 Å². The van der Waals surface area contributed by atoms with Gasteiger partial charge in [-0.1, -0.05) is 34.1 Å². The maximum absolute atomic E-state index is 12.5. The molecule has 0 aliphatic carbocycles. The highest BCUT2D eigenvalue weighted by Gasteiger charge is 2.36. The second-order valence-electron chi connectivity index (χ2n) is 5.37. The van der Waals surface area contributed by atoms with Crippen molar-refractivity contribution in [2.45, 2.75) is 0 Å². The summed E-state index contributed by atoms with van der Waals surface area (Å²) in [6.07, 6.45) is 0.716. The maximum atomic E-state index is 12.5. The number of carbonyl (C=O) groups is 3. The lowest BCUT2D eigenvalue weighted by molar-refractivity contribution is 0.0677. The van der Waals surface area contributed by atoms with E-state index in [2.05, 4.69) is 26.5 Å². The monoisotopic (exact) mass is 399 g/mol. The van der Waals surface area contributed by atoms with Gasteiger partial charge in [0.2, 0.25) is 0 Å². The molecule has 1 aliphatic rings. The Hall–Kier alpha value is -2.80. The van der Waals surface area contributed by atoms with Gasteiger partial charge in [0.05, 0.1) is 23.4 Å². The van der Waals surface area contributed by atoms with E-state index < -0.39 is 0 Å². The van der Waals surface area contributed by atoms with Crippen molar-refractivity contribution in [2.75, 3.05) is 13.6 Å². The van der Waals surface area contributed by atoms with E-state index in [0.29, 0.717) is 34.3 Å². The Balaban J connectivity index is 1.98. The zero-order valence-corrected chi connectivity index (χ0v) is 14.9. The van der Waals surface area contributed by atoms with Gasteiger partial charge in [-0.15, -0.1) is 0 Å². The molecular weight excluding hydrogens is 386 g/mol. The standard InChI is InChI=1S/C18H14BrN3O3/c1-20-21-16(13-7-6-12(19)8-11(13)10-23)9-22-17(24)14-4-2-3-5-15(14)18(22)25/h2-8,10,20H,9H2,1H3/b21-16-. The largest absolute Gasteiger partial charge is 0.313 e. The van der Waals surface area contributed by atoms with E-state index >= 15 is 0 Å². The number of hydrogen-bond acceptors (Lipinski definition) is 5. The molecular formula is C18H14BrN3O3. The van der Waals surface area contributed by atoms with Gasteiger partial charge in [0.15, 0.2) is 6.29 Å². The average Bonchev–Trinajstić information content (AvgIpc) is 2.86. The summed E-state index contributed by atoms with van der Waals surface area (Å²) in [6, 6.07) is 11.8. The van der Waals surface area contributed by atoms with Gasteiger partial charge in [-0.05, 0) is 24.3 Å². The third-order valence-corrected chi connectivity index (χ3v) is 4.38. The first-order chi connectivity index (χ1) is 12.1. The highest BCUT2D eigenvalue weighted by Crippen LogP contribution is 2.23. The van der Waals surface area contributed by atoms with Crippen molar-refractivity contribution in [3.63, 3.8) is 0 Å². The molecule has 2 aromatic carbocycles. The predicted octanol–water partition coefficient (Wildman–Crippen LogP) is 2.48. The van der Waals surface area contributed by atoms with E-state index in [9.17, 15) is 14.4 Å². The van der Waals surface area contributed by atoms with Crippen LogP contribution in [0, 0.1) is 0 Å². The van der Waals surface area contributed by atoms with Crippen LogP contribution in [0.3, 0.4) is 0 Å². The van der Waals surface area contributed by atoms with Crippen LogP contribution in [-0.2, 0) is 0 Å². The molecule has 126 valence electrons. The number of hydrazone groups is 1. The molecule has 0 aromatic heterocycles. The second-order valence-corrected chi connectivity index (χ2v) is 6.29. The summed E-state index contributed by atoms with van der Waals surface area (Å²) in [5.41, 5.74) is 4.82. The number of fused-ring (bicyclic) bond motifs is 1. The normalized spacial score (nSPS) is 13.8. The van der Waals surface area contributed by atoms with Crippen LogP contribution in [-0.4, -0.2) is 42.3 Å². The van der Waals surface area contributed by atoms with Crippen LogP contribution >= 0.6 is 15.9 Å². The number of nitrogens with one attached hydrogen (secondary N) is 1. The number of benzene rings is 2. The Labute approximate surface area is 152 Å². The lowest BCUT2D eigenvalue weighted by Crippen LogP contribution is -2.36. The quantitative estimate of drug-likeness (QED) is 0.362. The molecule has 25 heavy (non-hydrogen) atoms. The van der Waals surface area contributed by atoms with Gasteiger partial charge in [-0.2, -0.15) is 5.10 Å². The molecule has 3 rings (SSSR count). The molecule has 6 nitrogen and oxygen atoms in total. The van der Waals surface area contributed by atoms with Crippen LogP contribution in [0.2, 0.25) is 0 Å². The fourth-order valence-corrected chi connectivity index (χ4v) is 3.12. The second kappa shape index (κ2) is 6.98. The molecule has 1 aliphatic heterocycles. The Kier molecular flexibility index (Phi) is 4.76. The summed E-state index contributed by atoms with van der Waals surface area (Å²) in [6.45, 7) is -0.0321. The molecule has 2 aromatic rings. The summed E-state index contributed by atoms with van der Waals surface area (Å²) in [5, 5.41) is 4.17. The van der Waals surface area contributed by atoms with Crippen molar-refractivity contribution in [3.05, 3.63) is 69.2 Å². The number of amides is 2. The van der Waals surface area contributed by atoms with Crippen LogP contribution in [0.5, 0.6) is 0 Å². The highest BCUT2D eigenvalue weighted by atomic mass is 79.9. The van der Waals surface area contributed by atoms with E-state index in [-0.39, 0.29) is 18.4 Å². The van der Waals surface area contributed by atoms with E-state index in [1.807, 2.05) is 0 Å². The van der Waals surface area contributed by atoms with Gasteiger partial charge in [0.25, 0.3) is 11.8 Å². The number of carbonyl (C=O) groups excluding carboxylic acids is 3. The Morgan fingerprint density at radius 2 is 1.80 bits per heavy atom. The summed E-state index contributed by atoms with van der Waals surface area (Å²) in [5.74, 6) is -0.733. The summed E-state index contributed by atoms with van der Waals surface area (Å²) >= 11 is 3.32. The minimum absolute atomic E-state index is 0.0321. The van der Waals surface area contributed by atoms with Gasteiger partial charge < -0.3 is 5.43 Å². The average molecular weight is 400 g/mol. The molecule has 0 saturated carbocycles. The first-order valence-corrected chi connectivity index (χ1v) is 8.29. The number of aldehydes is 1. The summed E-state index contributed by atoms with van der Waals surface area (Å²) in [7, 11) is 1.61. The maximum Gasteiger partial charge on any atom is 0.261 e. The van der Waals surface area contributed by atoms with Crippen LogP contribution in [0.4, 0.5) is 0 Å². The predicted molar refractivity (Wildman–Crippen MR) is 96.9 cm³/mol. The van der Waals surface area contributed by atoms with Gasteiger partial charge >= 0.3 is 0 Å². The SMILES string of the molecule is CN/N=C(/CN1C(=O)c2ccccc2C1=O)c1ccc(Br)cc1C=O. The first-order valence-electron chi connectivity index (χ1n) is 7.50. The van der Waals surface area contributed by atoms with Crippen LogP contribution in [0.25, 0.3) is 0 Å². The zero-order valence-electron chi connectivity index (χ0n) is 13.3. The van der Waals surface area contributed by atoms with E-state index in [1.54, 1.807) is 49.5 Å². The van der Waals surface area contributed by atoms with Gasteiger partial charge in [-0.3, -0.25) is 19.3 Å². The van der Waals surface area contributed by atoms with Gasteiger partial charge in [0, 0.05) is 22.6 Å². The smallest absolute Gasteiger partial charge is 0.261 e. The topological polar surface area (TPSA) is 78.8 Å². The Morgan fingerprint density at radius 3 is 2.36 bits per heavy atom. The Morgan fingerprint density at radius 1 is 1.16 bits per heavy atom. The number of rotatable bonds is 5. The minimum Gasteiger partial charge on any atom is -0.313 e. The van der Waals surface area contributed by atoms with Gasteiger partial charge in [-0.25, -0.2) is 0 Å². The number of hydrogen-bond donors (Lipinski definition) is 1. The highest BCUT2D eigenvalue weighted by molar-refractivity contribution is 9.10. The molecule has 0 spiro atoms. The van der Waals surface area contributed by atoms with E-state index in [1.165, 1.54) is 0 Å². The Bertz CT molecular complexity index is 873. The first kappa shape index (κ1) is 17.0. The zero-order chi connectivity index (χ0) is 18.0. The third kappa shape index (κ3) is 3.10. The van der Waals surface area contributed by atoms with Crippen molar-refractivity contribution < 1.29 is 14.4 Å². The van der Waals surface area contributed by atoms with Crippen molar-refractivity contribution in [3.8, 4) is 0 Å². The number of halogens is 1. The minimum atomic E-state index is -0.367.